The summed E-state index contributed by atoms with van der Waals surface area (Å²) in [6.07, 6.45) is 26.5. The monoisotopic (exact) mass is 444 g/mol. The molecule has 0 aliphatic heterocycles. The van der Waals surface area contributed by atoms with Crippen molar-refractivity contribution in [3.8, 4) is 0 Å². The van der Waals surface area contributed by atoms with Gasteiger partial charge in [0.2, 0.25) is 0 Å². The van der Waals surface area contributed by atoms with Crippen LogP contribution in [-0.2, 0) is 0 Å². The van der Waals surface area contributed by atoms with Gasteiger partial charge >= 0.3 is 0 Å². The van der Waals surface area contributed by atoms with Crippen LogP contribution in [0.4, 0.5) is 0 Å². The van der Waals surface area contributed by atoms with Gasteiger partial charge in [0.15, 0.2) is 0 Å². The minimum atomic E-state index is 0.151. The zero-order chi connectivity index (χ0) is 21.3. The molecule has 0 saturated heterocycles. The van der Waals surface area contributed by atoms with E-state index in [4.69, 9.17) is 0 Å². The third-order valence-electron chi connectivity index (χ3n) is 5.91. The Balaban J connectivity index is 1.82. The Bertz CT molecular complexity index is 556. The van der Waals surface area contributed by atoms with Gasteiger partial charge in [0, 0.05) is 5.92 Å². The van der Waals surface area contributed by atoms with E-state index in [1.807, 2.05) is 0 Å². The molecule has 0 fully saturated rings. The molecular formula is C28H44S2. The quantitative estimate of drug-likeness (QED) is 0.133. The number of benzene rings is 1. The van der Waals surface area contributed by atoms with Crippen LogP contribution in [0.15, 0.2) is 54.6 Å². The number of unbranched alkanes of at least 4 members (excludes halogenated alkanes) is 10. The van der Waals surface area contributed by atoms with Crippen molar-refractivity contribution in [1.29, 1.82) is 0 Å². The van der Waals surface area contributed by atoms with Crippen LogP contribution in [0.3, 0.4) is 0 Å². The van der Waals surface area contributed by atoms with Crippen LogP contribution in [-0.4, -0.2) is 15.6 Å². The van der Waals surface area contributed by atoms with Crippen molar-refractivity contribution in [3.05, 3.63) is 60.2 Å². The molecule has 30 heavy (non-hydrogen) atoms. The summed E-state index contributed by atoms with van der Waals surface area (Å²) in [4.78, 5) is 0. The van der Waals surface area contributed by atoms with E-state index in [2.05, 4.69) is 92.0 Å². The Labute approximate surface area is 195 Å². The van der Waals surface area contributed by atoms with E-state index in [1.165, 1.54) is 94.1 Å². The topological polar surface area (TPSA) is 0 Å². The molecule has 0 aromatic heterocycles. The summed E-state index contributed by atoms with van der Waals surface area (Å²) < 4.78 is 0.151. The lowest BCUT2D eigenvalue weighted by atomic mass is 9.95. The van der Waals surface area contributed by atoms with E-state index >= 15 is 0 Å². The molecule has 0 atom stereocenters. The lowest BCUT2D eigenvalue weighted by Gasteiger charge is -2.30. The van der Waals surface area contributed by atoms with Crippen molar-refractivity contribution < 1.29 is 0 Å². The van der Waals surface area contributed by atoms with E-state index in [0.717, 1.165) is 0 Å². The maximum Gasteiger partial charge on any atom is 0.0974 e. The Morgan fingerprint density at radius 3 is 1.60 bits per heavy atom. The summed E-state index contributed by atoms with van der Waals surface area (Å²) in [5, 5.41) is 0. The summed E-state index contributed by atoms with van der Waals surface area (Å²) in [7, 11) is 0. The minimum Gasteiger partial charge on any atom is -0.136 e. The molecule has 0 unspecified atom stereocenters. The van der Waals surface area contributed by atoms with Gasteiger partial charge in [0.1, 0.15) is 0 Å². The van der Waals surface area contributed by atoms with Gasteiger partial charge in [-0.1, -0.05) is 133 Å². The van der Waals surface area contributed by atoms with Crippen molar-refractivity contribution >= 4 is 23.5 Å². The fraction of sp³-hybridized carbons (Fsp3) is 0.643. The third-order valence-corrected chi connectivity index (χ3v) is 9.05. The molecule has 0 bridgehead atoms. The molecule has 0 radical (unpaired) electrons. The van der Waals surface area contributed by atoms with Gasteiger partial charge in [-0.05, 0) is 29.9 Å². The maximum absolute atomic E-state index is 2.51. The highest BCUT2D eigenvalue weighted by Crippen LogP contribution is 2.44. The van der Waals surface area contributed by atoms with Crippen LogP contribution in [0.25, 0.3) is 0 Å². The summed E-state index contributed by atoms with van der Waals surface area (Å²) in [5.41, 5.74) is 1.40. The van der Waals surface area contributed by atoms with Gasteiger partial charge in [-0.3, -0.25) is 0 Å². The van der Waals surface area contributed by atoms with Crippen molar-refractivity contribution in [1.82, 2.24) is 0 Å². The standard InChI is InChI=1S/C28H44S2/c1-3-5-7-9-11-16-24-29-28(30-25-17-12-10-8-6-4-2)22-20-27(21-23-28)26-18-14-13-15-19-26/h13-15,18-23,27H,3-12,16-17,24-25H2,1-2H3. The molecule has 1 aromatic rings. The van der Waals surface area contributed by atoms with Crippen LogP contribution in [0.5, 0.6) is 0 Å². The Kier molecular flexibility index (Phi) is 13.8. The second kappa shape index (κ2) is 16.1. The van der Waals surface area contributed by atoms with Crippen molar-refractivity contribution in [2.24, 2.45) is 0 Å². The Hall–Kier alpha value is -0.600. The fourth-order valence-electron chi connectivity index (χ4n) is 3.96. The lowest BCUT2D eigenvalue weighted by Crippen LogP contribution is -2.19. The first-order valence-corrected chi connectivity index (χ1v) is 14.5. The van der Waals surface area contributed by atoms with Crippen molar-refractivity contribution in [3.63, 3.8) is 0 Å². The molecule has 0 amide bonds. The second-order valence-corrected chi connectivity index (χ2v) is 11.6. The lowest BCUT2D eigenvalue weighted by molar-refractivity contribution is 0.626. The number of hydrogen-bond acceptors (Lipinski definition) is 2. The van der Waals surface area contributed by atoms with Crippen LogP contribution >= 0.6 is 23.5 Å². The maximum atomic E-state index is 2.51. The average Bonchev–Trinajstić information content (AvgIpc) is 2.79. The normalized spacial score (nSPS) is 15.7. The minimum absolute atomic E-state index is 0.151. The number of rotatable bonds is 17. The molecule has 1 aliphatic carbocycles. The number of allylic oxidation sites excluding steroid dienone is 2. The smallest absolute Gasteiger partial charge is 0.0974 e. The first kappa shape index (κ1) is 25.7. The molecule has 0 N–H and O–H groups in total. The Morgan fingerprint density at radius 2 is 1.10 bits per heavy atom. The molecular weight excluding hydrogens is 400 g/mol. The molecule has 1 aromatic carbocycles. The molecule has 0 nitrogen and oxygen atoms in total. The van der Waals surface area contributed by atoms with Gasteiger partial charge < -0.3 is 0 Å². The average molecular weight is 445 g/mol. The first-order chi connectivity index (χ1) is 14.8. The van der Waals surface area contributed by atoms with E-state index in [0.29, 0.717) is 5.92 Å². The van der Waals surface area contributed by atoms with Crippen LogP contribution in [0.1, 0.15) is 102 Å². The van der Waals surface area contributed by atoms with Gasteiger partial charge in [0.05, 0.1) is 4.08 Å². The predicted octanol–water partition coefficient (Wildman–Crippen LogP) is 9.78. The Morgan fingerprint density at radius 1 is 0.633 bits per heavy atom. The first-order valence-electron chi connectivity index (χ1n) is 12.5. The van der Waals surface area contributed by atoms with Gasteiger partial charge in [-0.25, -0.2) is 0 Å². The SMILES string of the molecule is CCCCCCCCSC1(SCCCCCCCC)C=CC(c2ccccc2)C=C1. The number of thioether (sulfide) groups is 2. The van der Waals surface area contributed by atoms with Crippen molar-refractivity contribution in [2.75, 3.05) is 11.5 Å². The van der Waals surface area contributed by atoms with E-state index in [9.17, 15) is 0 Å². The molecule has 0 heterocycles. The largest absolute Gasteiger partial charge is 0.136 e. The van der Waals surface area contributed by atoms with E-state index < -0.39 is 0 Å². The van der Waals surface area contributed by atoms with E-state index in [-0.39, 0.29) is 4.08 Å². The molecule has 0 saturated carbocycles. The molecule has 0 spiro atoms. The van der Waals surface area contributed by atoms with Gasteiger partial charge in [-0.15, -0.1) is 23.5 Å². The molecule has 168 valence electrons. The zero-order valence-electron chi connectivity index (χ0n) is 19.5. The highest BCUT2D eigenvalue weighted by molar-refractivity contribution is 8.18. The summed E-state index contributed by atoms with van der Waals surface area (Å²) >= 11 is 4.33. The number of hydrogen-bond donors (Lipinski definition) is 0. The molecule has 2 rings (SSSR count). The van der Waals surface area contributed by atoms with Crippen molar-refractivity contribution in [2.45, 2.75) is 101 Å². The predicted molar refractivity (Wildman–Crippen MR) is 142 cm³/mol. The highest BCUT2D eigenvalue weighted by Gasteiger charge is 2.28. The second-order valence-electron chi connectivity index (χ2n) is 8.61. The van der Waals surface area contributed by atoms with Crippen LogP contribution in [0.2, 0.25) is 0 Å². The van der Waals surface area contributed by atoms with E-state index in [1.54, 1.807) is 0 Å². The third kappa shape index (κ3) is 10.1. The zero-order valence-corrected chi connectivity index (χ0v) is 21.1. The molecule has 2 heteroatoms. The summed E-state index contributed by atoms with van der Waals surface area (Å²) in [6, 6.07) is 10.9. The summed E-state index contributed by atoms with van der Waals surface area (Å²) in [6.45, 7) is 4.59. The fourth-order valence-corrected chi connectivity index (χ4v) is 6.82. The highest BCUT2D eigenvalue weighted by atomic mass is 32.2. The van der Waals surface area contributed by atoms with Crippen LogP contribution in [0, 0.1) is 0 Å². The van der Waals surface area contributed by atoms with Gasteiger partial charge in [0.25, 0.3) is 0 Å². The summed E-state index contributed by atoms with van der Waals surface area (Å²) in [5.74, 6) is 2.99. The van der Waals surface area contributed by atoms with Crippen LogP contribution < -0.4 is 0 Å². The molecule has 1 aliphatic rings. The van der Waals surface area contributed by atoms with Gasteiger partial charge in [-0.2, -0.15) is 0 Å².